The van der Waals surface area contributed by atoms with E-state index in [1.807, 2.05) is 13.8 Å². The summed E-state index contributed by atoms with van der Waals surface area (Å²) in [6, 6.07) is 8.59. The summed E-state index contributed by atoms with van der Waals surface area (Å²) < 4.78 is 10.1. The summed E-state index contributed by atoms with van der Waals surface area (Å²) >= 11 is 1.33. The number of thiophene rings is 1. The lowest BCUT2D eigenvalue weighted by atomic mass is 10.2. The number of hydrogen-bond donors (Lipinski definition) is 1. The molecule has 0 bridgehead atoms. The molecule has 0 spiro atoms. The molecule has 1 heterocycles. The summed E-state index contributed by atoms with van der Waals surface area (Å²) in [5.74, 6) is -0.137. The molecule has 2 rings (SSSR count). The summed E-state index contributed by atoms with van der Waals surface area (Å²) in [5, 5.41) is 3.24. The van der Waals surface area contributed by atoms with Gasteiger partial charge >= 0.3 is 5.97 Å². The number of hydrogen-bond acceptors (Lipinski definition) is 5. The first-order valence-corrected chi connectivity index (χ1v) is 7.59. The molecule has 0 saturated carbocycles. The molecule has 0 unspecified atom stereocenters. The van der Waals surface area contributed by atoms with Gasteiger partial charge in [0.25, 0.3) is 5.91 Å². The van der Waals surface area contributed by atoms with Crippen molar-refractivity contribution in [2.75, 3.05) is 19.0 Å². The quantitative estimate of drug-likeness (QED) is 0.857. The van der Waals surface area contributed by atoms with Gasteiger partial charge in [-0.3, -0.25) is 4.79 Å². The first kappa shape index (κ1) is 16.0. The molecule has 0 radical (unpaired) electrons. The van der Waals surface area contributed by atoms with Gasteiger partial charge in [-0.05, 0) is 38.1 Å². The third-order valence-corrected chi connectivity index (χ3v) is 3.86. The molecule has 0 aliphatic rings. The first-order valence-electron chi connectivity index (χ1n) is 6.78. The number of esters is 1. The van der Waals surface area contributed by atoms with Crippen LogP contribution in [0.5, 0.6) is 5.75 Å². The number of methoxy groups -OCH3 is 1. The molecule has 2 aromatic rings. The zero-order chi connectivity index (χ0) is 16.1. The van der Waals surface area contributed by atoms with Gasteiger partial charge in [-0.25, -0.2) is 4.79 Å². The average molecular weight is 319 g/mol. The minimum Gasteiger partial charge on any atom is -0.494 e. The second kappa shape index (κ2) is 7.09. The predicted octanol–water partition coefficient (Wildman–Crippen LogP) is 3.49. The number of carbonyl (C=O) groups excluding carboxylic acids is 2. The Labute approximate surface area is 132 Å². The van der Waals surface area contributed by atoms with Gasteiger partial charge in [0, 0.05) is 10.4 Å². The Kier molecular flexibility index (Phi) is 5.16. The predicted molar refractivity (Wildman–Crippen MR) is 86.0 cm³/mol. The van der Waals surface area contributed by atoms with Gasteiger partial charge in [-0.2, -0.15) is 0 Å². The summed E-state index contributed by atoms with van der Waals surface area (Å²) in [6.45, 7) is 4.27. The molecule has 0 aliphatic carbocycles. The van der Waals surface area contributed by atoms with Crippen LogP contribution in [0, 0.1) is 6.92 Å². The van der Waals surface area contributed by atoms with Gasteiger partial charge in [0.1, 0.15) is 10.8 Å². The van der Waals surface area contributed by atoms with Crippen LogP contribution in [0.15, 0.2) is 30.3 Å². The fourth-order valence-electron chi connectivity index (χ4n) is 1.94. The van der Waals surface area contributed by atoms with Crippen LogP contribution in [0.1, 0.15) is 32.5 Å². The van der Waals surface area contributed by atoms with Crippen LogP contribution < -0.4 is 10.1 Å². The summed E-state index contributed by atoms with van der Waals surface area (Å²) in [5.41, 5.74) is 0.826. The Morgan fingerprint density at radius 2 is 2.05 bits per heavy atom. The molecule has 1 aromatic heterocycles. The van der Waals surface area contributed by atoms with E-state index in [1.165, 1.54) is 18.4 Å². The summed E-state index contributed by atoms with van der Waals surface area (Å²) in [4.78, 5) is 25.0. The van der Waals surface area contributed by atoms with Crippen molar-refractivity contribution in [1.29, 1.82) is 0 Å². The van der Waals surface area contributed by atoms with Crippen LogP contribution in [0.2, 0.25) is 0 Å². The Morgan fingerprint density at radius 1 is 1.27 bits per heavy atom. The molecule has 0 fully saturated rings. The van der Waals surface area contributed by atoms with Crippen molar-refractivity contribution in [1.82, 2.24) is 0 Å². The van der Waals surface area contributed by atoms with Crippen molar-refractivity contribution >= 4 is 28.2 Å². The molecular formula is C16H17NO4S. The van der Waals surface area contributed by atoms with Crippen molar-refractivity contribution in [3.8, 4) is 5.75 Å². The van der Waals surface area contributed by atoms with E-state index in [2.05, 4.69) is 5.32 Å². The Morgan fingerprint density at radius 3 is 2.73 bits per heavy atom. The smallest absolute Gasteiger partial charge is 0.340 e. The molecule has 116 valence electrons. The Hall–Kier alpha value is -2.34. The second-order valence-electron chi connectivity index (χ2n) is 4.51. The highest BCUT2D eigenvalue weighted by Crippen LogP contribution is 2.29. The zero-order valence-corrected chi connectivity index (χ0v) is 13.5. The number of amides is 1. The van der Waals surface area contributed by atoms with Crippen molar-refractivity contribution in [3.05, 3.63) is 46.3 Å². The number of carbonyl (C=O) groups is 2. The molecule has 6 heteroatoms. The van der Waals surface area contributed by atoms with Gasteiger partial charge < -0.3 is 14.8 Å². The third-order valence-electron chi connectivity index (χ3n) is 2.89. The van der Waals surface area contributed by atoms with E-state index in [4.69, 9.17) is 9.47 Å². The molecule has 0 saturated heterocycles. The van der Waals surface area contributed by atoms with Gasteiger partial charge in [-0.15, -0.1) is 11.3 Å². The molecule has 1 amide bonds. The number of anilines is 1. The van der Waals surface area contributed by atoms with E-state index in [0.29, 0.717) is 28.5 Å². The van der Waals surface area contributed by atoms with Crippen molar-refractivity contribution in [2.24, 2.45) is 0 Å². The van der Waals surface area contributed by atoms with E-state index in [9.17, 15) is 9.59 Å². The van der Waals surface area contributed by atoms with Gasteiger partial charge in [0.2, 0.25) is 0 Å². The standard InChI is InChI=1S/C16H17NO4S/c1-4-21-12-7-5-6-11(9-12)14(18)17-15-13(16(19)20-3)8-10(2)22-15/h5-9H,4H2,1-3H3,(H,17,18). The number of aryl methyl sites for hydroxylation is 1. The monoisotopic (exact) mass is 319 g/mol. The lowest BCUT2D eigenvalue weighted by Crippen LogP contribution is -2.13. The maximum atomic E-state index is 12.3. The minimum absolute atomic E-state index is 0.298. The highest BCUT2D eigenvalue weighted by Gasteiger charge is 2.18. The molecule has 1 N–H and O–H groups in total. The number of benzene rings is 1. The highest BCUT2D eigenvalue weighted by molar-refractivity contribution is 7.16. The van der Waals surface area contributed by atoms with E-state index in [-0.39, 0.29) is 5.91 Å². The average Bonchev–Trinajstić information content (AvgIpc) is 2.87. The first-order chi connectivity index (χ1) is 10.5. The maximum Gasteiger partial charge on any atom is 0.340 e. The maximum absolute atomic E-state index is 12.3. The number of rotatable bonds is 5. The highest BCUT2D eigenvalue weighted by atomic mass is 32.1. The van der Waals surface area contributed by atoms with Crippen LogP contribution in [0.3, 0.4) is 0 Å². The van der Waals surface area contributed by atoms with Gasteiger partial charge in [0.05, 0.1) is 19.3 Å². The van der Waals surface area contributed by atoms with E-state index in [1.54, 1.807) is 30.3 Å². The minimum atomic E-state index is -0.470. The second-order valence-corrected chi connectivity index (χ2v) is 5.76. The van der Waals surface area contributed by atoms with Gasteiger partial charge in [0.15, 0.2) is 0 Å². The van der Waals surface area contributed by atoms with E-state index in [0.717, 1.165) is 4.88 Å². The largest absolute Gasteiger partial charge is 0.494 e. The molecular weight excluding hydrogens is 302 g/mol. The summed E-state index contributed by atoms with van der Waals surface area (Å²) in [6.07, 6.45) is 0. The van der Waals surface area contributed by atoms with E-state index < -0.39 is 5.97 Å². The van der Waals surface area contributed by atoms with E-state index >= 15 is 0 Å². The molecule has 5 nitrogen and oxygen atoms in total. The zero-order valence-electron chi connectivity index (χ0n) is 12.6. The van der Waals surface area contributed by atoms with Crippen LogP contribution >= 0.6 is 11.3 Å². The van der Waals surface area contributed by atoms with Gasteiger partial charge in [-0.1, -0.05) is 6.07 Å². The fraction of sp³-hybridized carbons (Fsp3) is 0.250. The van der Waals surface area contributed by atoms with Crippen molar-refractivity contribution in [3.63, 3.8) is 0 Å². The van der Waals surface area contributed by atoms with Crippen LogP contribution in [-0.4, -0.2) is 25.6 Å². The third kappa shape index (κ3) is 3.65. The topological polar surface area (TPSA) is 64.6 Å². The Balaban J connectivity index is 2.22. The lowest BCUT2D eigenvalue weighted by Gasteiger charge is -2.07. The van der Waals surface area contributed by atoms with Crippen LogP contribution in [0.25, 0.3) is 0 Å². The normalized spacial score (nSPS) is 10.1. The number of nitrogens with one attached hydrogen (secondary N) is 1. The van der Waals surface area contributed by atoms with Crippen LogP contribution in [0.4, 0.5) is 5.00 Å². The number of ether oxygens (including phenoxy) is 2. The summed E-state index contributed by atoms with van der Waals surface area (Å²) in [7, 11) is 1.31. The molecule has 1 aromatic carbocycles. The Bertz CT molecular complexity index is 693. The molecule has 0 atom stereocenters. The van der Waals surface area contributed by atoms with Crippen LogP contribution in [-0.2, 0) is 4.74 Å². The SMILES string of the molecule is CCOc1cccc(C(=O)Nc2sc(C)cc2C(=O)OC)c1. The van der Waals surface area contributed by atoms with Crippen molar-refractivity contribution < 1.29 is 19.1 Å². The van der Waals surface area contributed by atoms with Crippen molar-refractivity contribution in [2.45, 2.75) is 13.8 Å². The molecule has 22 heavy (non-hydrogen) atoms. The fourth-order valence-corrected chi connectivity index (χ4v) is 2.83. The molecule has 0 aliphatic heterocycles. The lowest BCUT2D eigenvalue weighted by molar-refractivity contribution is 0.0602.